The zero-order valence-corrected chi connectivity index (χ0v) is 16.0. The Morgan fingerprint density at radius 3 is 2.70 bits per heavy atom. The first-order chi connectivity index (χ1) is 13.1. The lowest BCUT2D eigenvalue weighted by molar-refractivity contribution is 0.259. The summed E-state index contributed by atoms with van der Waals surface area (Å²) < 4.78 is 1.82. The summed E-state index contributed by atoms with van der Waals surface area (Å²) in [5.41, 5.74) is 3.64. The minimum Gasteiger partial charge on any atom is -0.394 e. The van der Waals surface area contributed by atoms with E-state index in [1.807, 2.05) is 42.1 Å². The van der Waals surface area contributed by atoms with Crippen molar-refractivity contribution in [3.8, 4) is 11.1 Å². The van der Waals surface area contributed by atoms with Gasteiger partial charge in [-0.2, -0.15) is 9.90 Å². The van der Waals surface area contributed by atoms with E-state index in [1.54, 1.807) is 6.07 Å². The maximum atomic E-state index is 8.99. The number of rotatable bonds is 5. The fourth-order valence-electron chi connectivity index (χ4n) is 3.08. The van der Waals surface area contributed by atoms with Gasteiger partial charge in [0.25, 0.3) is 0 Å². The van der Waals surface area contributed by atoms with Crippen molar-refractivity contribution in [1.29, 1.82) is 0 Å². The summed E-state index contributed by atoms with van der Waals surface area (Å²) in [6.07, 6.45) is 0.482. The van der Waals surface area contributed by atoms with Crippen molar-refractivity contribution in [2.45, 2.75) is 13.0 Å². The standard InChI is InChI=1S/C18H16Cl2N6O/c1-25-16(10-17-21-24-26(22-17)7-8-27)14-4-2-3-13(18(14)23-25)12-6-5-11(19)9-15(12)20/h2-6,9,27H,7-8,10H2,1H3. The van der Waals surface area contributed by atoms with Crippen molar-refractivity contribution < 1.29 is 5.11 Å². The van der Waals surface area contributed by atoms with Crippen LogP contribution in [-0.2, 0) is 20.0 Å². The van der Waals surface area contributed by atoms with Crippen LogP contribution in [0.1, 0.15) is 11.5 Å². The normalized spacial score (nSPS) is 11.4. The van der Waals surface area contributed by atoms with Gasteiger partial charge in [-0.1, -0.05) is 47.5 Å². The van der Waals surface area contributed by atoms with E-state index in [0.717, 1.165) is 27.7 Å². The third kappa shape index (κ3) is 3.41. The quantitative estimate of drug-likeness (QED) is 0.554. The molecule has 7 nitrogen and oxygen atoms in total. The summed E-state index contributed by atoms with van der Waals surface area (Å²) in [7, 11) is 1.89. The van der Waals surface area contributed by atoms with Gasteiger partial charge in [0.15, 0.2) is 5.82 Å². The van der Waals surface area contributed by atoms with Gasteiger partial charge in [-0.05, 0) is 17.3 Å². The zero-order valence-electron chi connectivity index (χ0n) is 14.5. The van der Waals surface area contributed by atoms with Crippen LogP contribution in [-0.4, -0.2) is 41.7 Å². The Bertz CT molecular complexity index is 1120. The molecule has 0 saturated carbocycles. The Balaban J connectivity index is 1.78. The summed E-state index contributed by atoms with van der Waals surface area (Å²) in [6, 6.07) is 11.4. The first-order valence-corrected chi connectivity index (χ1v) is 9.10. The highest BCUT2D eigenvalue weighted by Gasteiger charge is 2.17. The van der Waals surface area contributed by atoms with Crippen molar-refractivity contribution in [2.24, 2.45) is 7.05 Å². The molecule has 0 atom stereocenters. The van der Waals surface area contributed by atoms with E-state index in [4.69, 9.17) is 33.4 Å². The Hall–Kier alpha value is -2.48. The van der Waals surface area contributed by atoms with Gasteiger partial charge in [0, 0.05) is 33.6 Å². The van der Waals surface area contributed by atoms with E-state index < -0.39 is 0 Å². The number of halogens is 2. The van der Waals surface area contributed by atoms with Crippen LogP contribution in [0.15, 0.2) is 36.4 Å². The lowest BCUT2D eigenvalue weighted by atomic mass is 10.0. The molecule has 2 heterocycles. The summed E-state index contributed by atoms with van der Waals surface area (Å²) in [5.74, 6) is 0.572. The Labute approximate surface area is 165 Å². The second-order valence-electron chi connectivity index (χ2n) is 6.10. The molecule has 138 valence electrons. The predicted molar refractivity (Wildman–Crippen MR) is 104 cm³/mol. The number of nitrogens with zero attached hydrogens (tertiary/aromatic N) is 6. The second kappa shape index (κ2) is 7.26. The van der Waals surface area contributed by atoms with Gasteiger partial charge in [-0.3, -0.25) is 4.68 Å². The third-order valence-electron chi connectivity index (χ3n) is 4.33. The molecule has 0 aliphatic heterocycles. The lowest BCUT2D eigenvalue weighted by Crippen LogP contribution is -2.06. The number of tetrazole rings is 1. The van der Waals surface area contributed by atoms with E-state index in [1.165, 1.54) is 4.80 Å². The predicted octanol–water partition coefficient (Wildman–Crippen LogP) is 3.12. The largest absolute Gasteiger partial charge is 0.394 e. The van der Waals surface area contributed by atoms with Crippen LogP contribution >= 0.6 is 23.2 Å². The Morgan fingerprint density at radius 1 is 1.07 bits per heavy atom. The van der Waals surface area contributed by atoms with Crippen LogP contribution in [0.4, 0.5) is 0 Å². The molecule has 27 heavy (non-hydrogen) atoms. The molecular weight excluding hydrogens is 387 g/mol. The first-order valence-electron chi connectivity index (χ1n) is 8.34. The fraction of sp³-hybridized carbons (Fsp3) is 0.222. The van der Waals surface area contributed by atoms with Gasteiger partial charge < -0.3 is 5.11 Å². The van der Waals surface area contributed by atoms with Gasteiger partial charge in [0.05, 0.1) is 25.3 Å². The summed E-state index contributed by atoms with van der Waals surface area (Å²) >= 11 is 12.4. The second-order valence-corrected chi connectivity index (χ2v) is 6.94. The van der Waals surface area contributed by atoms with Crippen molar-refractivity contribution in [2.75, 3.05) is 6.61 Å². The van der Waals surface area contributed by atoms with Crippen LogP contribution in [0.3, 0.4) is 0 Å². The SMILES string of the molecule is Cn1nc2c(-c3ccc(Cl)cc3Cl)cccc2c1Cc1nnn(CCO)n1. The molecule has 4 rings (SSSR count). The van der Waals surface area contributed by atoms with Crippen molar-refractivity contribution in [1.82, 2.24) is 30.0 Å². The minimum absolute atomic E-state index is 0.0321. The number of hydrogen-bond acceptors (Lipinski definition) is 5. The Kier molecular flexibility index (Phi) is 4.82. The van der Waals surface area contributed by atoms with Gasteiger partial charge >= 0.3 is 0 Å². The number of aryl methyl sites for hydroxylation is 1. The molecule has 0 aliphatic rings. The van der Waals surface area contributed by atoms with Crippen LogP contribution < -0.4 is 0 Å². The van der Waals surface area contributed by atoms with E-state index >= 15 is 0 Å². The molecule has 0 fully saturated rings. The van der Waals surface area contributed by atoms with Crippen LogP contribution in [0.2, 0.25) is 10.0 Å². The maximum Gasteiger partial charge on any atom is 0.180 e. The molecule has 0 amide bonds. The summed E-state index contributed by atoms with van der Waals surface area (Å²) in [4.78, 5) is 1.38. The third-order valence-corrected chi connectivity index (χ3v) is 4.88. The molecule has 0 spiro atoms. The highest BCUT2D eigenvalue weighted by Crippen LogP contribution is 2.35. The number of aliphatic hydroxyl groups is 1. The lowest BCUT2D eigenvalue weighted by Gasteiger charge is -2.06. The fourth-order valence-corrected chi connectivity index (χ4v) is 3.60. The minimum atomic E-state index is -0.0321. The van der Waals surface area contributed by atoms with Crippen LogP contribution in [0, 0.1) is 0 Å². The first kappa shape index (κ1) is 17.9. The molecular formula is C18H16Cl2N6O. The zero-order chi connectivity index (χ0) is 19.0. The van der Waals surface area contributed by atoms with E-state index in [-0.39, 0.29) is 6.61 Å². The average Bonchev–Trinajstić information content (AvgIpc) is 3.20. The summed E-state index contributed by atoms with van der Waals surface area (Å²) in [6.45, 7) is 0.286. The number of aliphatic hydroxyl groups excluding tert-OH is 1. The maximum absolute atomic E-state index is 8.99. The highest BCUT2D eigenvalue weighted by atomic mass is 35.5. The molecule has 1 N–H and O–H groups in total. The number of benzene rings is 2. The molecule has 9 heteroatoms. The van der Waals surface area contributed by atoms with Crippen molar-refractivity contribution in [3.05, 3.63) is 58.0 Å². The van der Waals surface area contributed by atoms with Crippen LogP contribution in [0.5, 0.6) is 0 Å². The molecule has 2 aromatic heterocycles. The molecule has 4 aromatic rings. The van der Waals surface area contributed by atoms with E-state index in [0.29, 0.717) is 28.8 Å². The van der Waals surface area contributed by atoms with Gasteiger partial charge in [-0.25, -0.2) is 0 Å². The van der Waals surface area contributed by atoms with Crippen molar-refractivity contribution in [3.63, 3.8) is 0 Å². The van der Waals surface area contributed by atoms with Gasteiger partial charge in [0.2, 0.25) is 0 Å². The molecule has 0 saturated heterocycles. The molecule has 0 radical (unpaired) electrons. The number of fused-ring (bicyclic) bond motifs is 1. The van der Waals surface area contributed by atoms with Crippen LogP contribution in [0.25, 0.3) is 22.0 Å². The van der Waals surface area contributed by atoms with E-state index in [9.17, 15) is 0 Å². The number of hydrogen-bond donors (Lipinski definition) is 1. The summed E-state index contributed by atoms with van der Waals surface area (Å²) in [5, 5.41) is 28.1. The molecule has 2 aromatic carbocycles. The topological polar surface area (TPSA) is 81.7 Å². The molecule has 0 bridgehead atoms. The average molecular weight is 403 g/mol. The smallest absolute Gasteiger partial charge is 0.180 e. The Morgan fingerprint density at radius 2 is 1.93 bits per heavy atom. The molecule has 0 unspecified atom stereocenters. The van der Waals surface area contributed by atoms with Crippen molar-refractivity contribution >= 4 is 34.1 Å². The monoisotopic (exact) mass is 402 g/mol. The highest BCUT2D eigenvalue weighted by molar-refractivity contribution is 6.36. The van der Waals surface area contributed by atoms with E-state index in [2.05, 4.69) is 15.4 Å². The number of aromatic nitrogens is 6. The molecule has 0 aliphatic carbocycles. The van der Waals surface area contributed by atoms with Gasteiger partial charge in [0.1, 0.15) is 5.52 Å². The van der Waals surface area contributed by atoms with Gasteiger partial charge in [-0.15, -0.1) is 10.2 Å².